The molecule has 0 aliphatic heterocycles. The van der Waals surface area contributed by atoms with E-state index in [2.05, 4.69) is 4.99 Å². The first-order valence-electron chi connectivity index (χ1n) is 6.92. The Morgan fingerprint density at radius 3 is 1.65 bits per heavy atom. The summed E-state index contributed by atoms with van der Waals surface area (Å²) in [6.07, 6.45) is 1.46. The van der Waals surface area contributed by atoms with E-state index in [-0.39, 0.29) is 0 Å². The molecule has 0 spiro atoms. The summed E-state index contributed by atoms with van der Waals surface area (Å²) in [6, 6.07) is 17.3. The SMILES string of the molecule is O=C=Nc1cc(-c2ccccc2F)cc(-c2ccccc2F)c1. The predicted octanol–water partition coefficient (Wildman–Crippen LogP) is 5.27. The zero-order chi connectivity index (χ0) is 16.2. The molecule has 0 bridgehead atoms. The molecule has 0 N–H and O–H groups in total. The molecule has 0 fully saturated rings. The average Bonchev–Trinajstić information content (AvgIpc) is 2.56. The van der Waals surface area contributed by atoms with Crippen LogP contribution in [-0.4, -0.2) is 6.08 Å². The van der Waals surface area contributed by atoms with Crippen molar-refractivity contribution in [1.29, 1.82) is 0 Å². The third kappa shape index (κ3) is 3.07. The molecule has 3 aromatic carbocycles. The quantitative estimate of drug-likeness (QED) is 0.479. The molecule has 3 aromatic rings. The van der Waals surface area contributed by atoms with Crippen LogP contribution in [-0.2, 0) is 4.79 Å². The number of hydrogen-bond donors (Lipinski definition) is 0. The van der Waals surface area contributed by atoms with Crippen molar-refractivity contribution in [3.8, 4) is 22.3 Å². The maximum atomic E-state index is 14.0. The van der Waals surface area contributed by atoms with Gasteiger partial charge in [-0.15, -0.1) is 0 Å². The van der Waals surface area contributed by atoms with Gasteiger partial charge in [0.2, 0.25) is 6.08 Å². The molecular weight excluding hydrogens is 296 g/mol. The number of nitrogens with zero attached hydrogens (tertiary/aromatic N) is 1. The van der Waals surface area contributed by atoms with Crippen molar-refractivity contribution in [2.24, 2.45) is 4.99 Å². The third-order valence-corrected chi connectivity index (χ3v) is 3.46. The van der Waals surface area contributed by atoms with Gasteiger partial charge in [0, 0.05) is 11.1 Å². The number of rotatable bonds is 3. The van der Waals surface area contributed by atoms with E-state index in [1.807, 2.05) is 0 Å². The second-order valence-electron chi connectivity index (χ2n) is 4.93. The molecule has 0 atom stereocenters. The van der Waals surface area contributed by atoms with E-state index >= 15 is 0 Å². The number of halogens is 2. The highest BCUT2D eigenvalue weighted by Crippen LogP contribution is 2.33. The first-order valence-corrected chi connectivity index (χ1v) is 6.92. The summed E-state index contributed by atoms with van der Waals surface area (Å²) in [4.78, 5) is 14.2. The summed E-state index contributed by atoms with van der Waals surface area (Å²) >= 11 is 0. The fourth-order valence-corrected chi connectivity index (χ4v) is 2.43. The molecule has 0 aliphatic rings. The van der Waals surface area contributed by atoms with Crippen molar-refractivity contribution in [3.05, 3.63) is 78.4 Å². The minimum Gasteiger partial charge on any atom is -0.211 e. The van der Waals surface area contributed by atoms with Crippen LogP contribution in [0.5, 0.6) is 0 Å². The van der Waals surface area contributed by atoms with Gasteiger partial charge in [0.05, 0.1) is 5.69 Å². The van der Waals surface area contributed by atoms with Crippen LogP contribution in [0.15, 0.2) is 71.7 Å². The van der Waals surface area contributed by atoms with Crippen LogP contribution in [0.2, 0.25) is 0 Å². The summed E-state index contributed by atoms with van der Waals surface area (Å²) in [6.45, 7) is 0. The van der Waals surface area contributed by atoms with Crippen LogP contribution in [0, 0.1) is 11.6 Å². The lowest BCUT2D eigenvalue weighted by molar-refractivity contribution is 0.565. The summed E-state index contributed by atoms with van der Waals surface area (Å²) in [5.74, 6) is -0.807. The minimum absolute atomic E-state index is 0.291. The van der Waals surface area contributed by atoms with E-state index in [1.165, 1.54) is 18.2 Å². The van der Waals surface area contributed by atoms with Gasteiger partial charge in [0.1, 0.15) is 11.6 Å². The van der Waals surface area contributed by atoms with Crippen LogP contribution in [0.4, 0.5) is 14.5 Å². The monoisotopic (exact) mass is 307 g/mol. The maximum Gasteiger partial charge on any atom is 0.240 e. The van der Waals surface area contributed by atoms with E-state index in [9.17, 15) is 13.6 Å². The molecule has 3 rings (SSSR count). The molecule has 112 valence electrons. The average molecular weight is 307 g/mol. The third-order valence-electron chi connectivity index (χ3n) is 3.46. The van der Waals surface area contributed by atoms with Crippen molar-refractivity contribution < 1.29 is 13.6 Å². The van der Waals surface area contributed by atoms with Gasteiger partial charge in [-0.3, -0.25) is 0 Å². The molecular formula is C19H11F2NO. The van der Waals surface area contributed by atoms with Gasteiger partial charge in [-0.2, -0.15) is 4.99 Å². The lowest BCUT2D eigenvalue weighted by Gasteiger charge is -2.09. The number of benzene rings is 3. The molecule has 0 aromatic heterocycles. The Labute approximate surface area is 131 Å². The summed E-state index contributed by atoms with van der Waals surface area (Å²) < 4.78 is 28.0. The Morgan fingerprint density at radius 1 is 0.739 bits per heavy atom. The topological polar surface area (TPSA) is 29.4 Å². The highest BCUT2D eigenvalue weighted by Gasteiger charge is 2.10. The molecule has 0 amide bonds. The Balaban J connectivity index is 2.24. The normalized spacial score (nSPS) is 10.2. The minimum atomic E-state index is -0.404. The first kappa shape index (κ1) is 14.8. The van der Waals surface area contributed by atoms with Gasteiger partial charge in [0.15, 0.2) is 0 Å². The van der Waals surface area contributed by atoms with Crippen molar-refractivity contribution >= 4 is 11.8 Å². The smallest absolute Gasteiger partial charge is 0.211 e. The standard InChI is InChI=1S/C19H11F2NO/c20-18-7-3-1-5-16(18)13-9-14(11-15(10-13)22-12-23)17-6-2-4-8-19(17)21/h1-11H. The van der Waals surface area contributed by atoms with Crippen LogP contribution >= 0.6 is 0 Å². The second kappa shape index (κ2) is 6.34. The largest absolute Gasteiger partial charge is 0.240 e. The molecule has 0 unspecified atom stereocenters. The van der Waals surface area contributed by atoms with E-state index < -0.39 is 11.6 Å². The second-order valence-corrected chi connectivity index (χ2v) is 4.93. The number of aliphatic imine (C=N–C) groups is 1. The molecule has 4 heteroatoms. The van der Waals surface area contributed by atoms with Crippen molar-refractivity contribution in [1.82, 2.24) is 0 Å². The van der Waals surface area contributed by atoms with Gasteiger partial charge < -0.3 is 0 Å². The zero-order valence-corrected chi connectivity index (χ0v) is 12.0. The molecule has 0 heterocycles. The fraction of sp³-hybridized carbons (Fsp3) is 0. The van der Waals surface area contributed by atoms with Crippen LogP contribution < -0.4 is 0 Å². The van der Waals surface area contributed by atoms with Gasteiger partial charge in [0.25, 0.3) is 0 Å². The molecule has 0 saturated heterocycles. The number of hydrogen-bond acceptors (Lipinski definition) is 2. The van der Waals surface area contributed by atoms with Gasteiger partial charge in [-0.05, 0) is 41.5 Å². The fourth-order valence-electron chi connectivity index (χ4n) is 2.43. The van der Waals surface area contributed by atoms with Gasteiger partial charge >= 0.3 is 0 Å². The highest BCUT2D eigenvalue weighted by molar-refractivity contribution is 5.78. The molecule has 0 radical (unpaired) electrons. The van der Waals surface area contributed by atoms with E-state index in [0.29, 0.717) is 27.9 Å². The lowest BCUT2D eigenvalue weighted by atomic mass is 9.97. The van der Waals surface area contributed by atoms with Gasteiger partial charge in [-0.25, -0.2) is 13.6 Å². The lowest BCUT2D eigenvalue weighted by Crippen LogP contribution is -1.88. The van der Waals surface area contributed by atoms with Crippen LogP contribution in [0.3, 0.4) is 0 Å². The van der Waals surface area contributed by atoms with Crippen LogP contribution in [0.1, 0.15) is 0 Å². The number of carbonyl (C=O) groups excluding carboxylic acids is 1. The molecule has 2 nitrogen and oxygen atoms in total. The summed E-state index contributed by atoms with van der Waals surface area (Å²) in [7, 11) is 0. The van der Waals surface area contributed by atoms with Crippen molar-refractivity contribution in [3.63, 3.8) is 0 Å². The predicted molar refractivity (Wildman–Crippen MR) is 85.0 cm³/mol. The Kier molecular flexibility index (Phi) is 4.09. The van der Waals surface area contributed by atoms with Crippen molar-refractivity contribution in [2.75, 3.05) is 0 Å². The Morgan fingerprint density at radius 2 is 1.22 bits per heavy atom. The van der Waals surface area contributed by atoms with E-state index in [0.717, 1.165) is 0 Å². The summed E-state index contributed by atoms with van der Waals surface area (Å²) in [5.41, 5.74) is 2.02. The van der Waals surface area contributed by atoms with Crippen LogP contribution in [0.25, 0.3) is 22.3 Å². The highest BCUT2D eigenvalue weighted by atomic mass is 19.1. The zero-order valence-electron chi connectivity index (χ0n) is 12.0. The summed E-state index contributed by atoms with van der Waals surface area (Å²) in [5, 5.41) is 0. The van der Waals surface area contributed by atoms with E-state index in [1.54, 1.807) is 54.6 Å². The Bertz CT molecular complexity index is 851. The molecule has 0 aliphatic carbocycles. The molecule has 23 heavy (non-hydrogen) atoms. The maximum absolute atomic E-state index is 14.0. The van der Waals surface area contributed by atoms with E-state index in [4.69, 9.17) is 0 Å². The first-order chi connectivity index (χ1) is 11.2. The molecule has 0 saturated carbocycles. The van der Waals surface area contributed by atoms with Gasteiger partial charge in [-0.1, -0.05) is 36.4 Å². The van der Waals surface area contributed by atoms with Crippen molar-refractivity contribution in [2.45, 2.75) is 0 Å². The Hall–Kier alpha value is -3.10. The number of isocyanates is 1.